The summed E-state index contributed by atoms with van der Waals surface area (Å²) in [6.07, 6.45) is 6.18. The number of nitrogens with one attached hydrogen (secondary N) is 1. The van der Waals surface area contributed by atoms with E-state index in [1.54, 1.807) is 0 Å². The maximum atomic E-state index is 9.16. The van der Waals surface area contributed by atoms with Gasteiger partial charge in [-0.2, -0.15) is 5.26 Å². The van der Waals surface area contributed by atoms with Crippen LogP contribution in [0.1, 0.15) is 57.6 Å². The van der Waals surface area contributed by atoms with Gasteiger partial charge in [0, 0.05) is 6.04 Å². The zero-order valence-electron chi connectivity index (χ0n) is 12.1. The Balaban J connectivity index is 2.28. The number of aromatic amines is 1. The van der Waals surface area contributed by atoms with Gasteiger partial charge in [0.05, 0.1) is 16.6 Å². The van der Waals surface area contributed by atoms with Crippen LogP contribution in [0.25, 0.3) is 11.0 Å². The van der Waals surface area contributed by atoms with Crippen LogP contribution < -0.4 is 0 Å². The number of imidazole rings is 1. The zero-order valence-corrected chi connectivity index (χ0v) is 13.0. The van der Waals surface area contributed by atoms with Gasteiger partial charge in [0.15, 0.2) is 4.77 Å². The normalized spacial score (nSPS) is 12.4. The summed E-state index contributed by atoms with van der Waals surface area (Å²) in [6.45, 7) is 4.43. The van der Waals surface area contributed by atoms with Gasteiger partial charge in [0.2, 0.25) is 0 Å². The molecule has 0 aliphatic heterocycles. The number of unbranched alkanes of at least 4 members (excludes halogenated alkanes) is 3. The first-order chi connectivity index (χ1) is 9.69. The molecule has 1 aromatic heterocycles. The van der Waals surface area contributed by atoms with E-state index >= 15 is 0 Å². The molecular formula is C16H21N3S. The third-order valence-electron chi connectivity index (χ3n) is 3.79. The average molecular weight is 287 g/mol. The second-order valence-corrected chi connectivity index (χ2v) is 5.70. The molecule has 20 heavy (non-hydrogen) atoms. The summed E-state index contributed by atoms with van der Waals surface area (Å²) in [4.78, 5) is 3.18. The largest absolute Gasteiger partial charge is 0.329 e. The van der Waals surface area contributed by atoms with E-state index in [2.05, 4.69) is 29.5 Å². The molecule has 0 saturated carbocycles. The number of hydrogen-bond donors (Lipinski definition) is 1. The highest BCUT2D eigenvalue weighted by Crippen LogP contribution is 2.24. The number of aromatic nitrogens is 2. The van der Waals surface area contributed by atoms with Crippen LogP contribution in [-0.2, 0) is 0 Å². The van der Waals surface area contributed by atoms with Crippen LogP contribution in [0.3, 0.4) is 0 Å². The Kier molecular flexibility index (Phi) is 4.97. The lowest BCUT2D eigenvalue weighted by atomic mass is 10.1. The Morgan fingerprint density at radius 1 is 1.35 bits per heavy atom. The molecule has 3 nitrogen and oxygen atoms in total. The van der Waals surface area contributed by atoms with E-state index < -0.39 is 0 Å². The highest BCUT2D eigenvalue weighted by atomic mass is 32.1. The summed E-state index contributed by atoms with van der Waals surface area (Å²) in [5, 5.41) is 9.16. The molecule has 1 atom stereocenters. The first-order valence-corrected chi connectivity index (χ1v) is 7.73. The second kappa shape index (κ2) is 6.71. The number of fused-ring (bicyclic) bond motifs is 1. The summed E-state index contributed by atoms with van der Waals surface area (Å²) in [5.41, 5.74) is 2.56. The van der Waals surface area contributed by atoms with Crippen molar-refractivity contribution in [2.75, 3.05) is 0 Å². The van der Waals surface area contributed by atoms with E-state index in [0.717, 1.165) is 17.5 Å². The third kappa shape index (κ3) is 2.94. The second-order valence-electron chi connectivity index (χ2n) is 5.31. The van der Waals surface area contributed by atoms with Crippen LogP contribution >= 0.6 is 12.2 Å². The van der Waals surface area contributed by atoms with Crippen LogP contribution in [0.4, 0.5) is 0 Å². The smallest absolute Gasteiger partial charge is 0.178 e. The molecule has 4 heteroatoms. The van der Waals surface area contributed by atoms with Crippen molar-refractivity contribution in [3.63, 3.8) is 0 Å². The van der Waals surface area contributed by atoms with E-state index in [1.165, 1.54) is 25.7 Å². The van der Waals surface area contributed by atoms with Gasteiger partial charge < -0.3 is 9.55 Å². The minimum Gasteiger partial charge on any atom is -0.329 e. The fourth-order valence-electron chi connectivity index (χ4n) is 2.68. The minimum absolute atomic E-state index is 0.363. The number of nitriles is 1. The molecule has 1 N–H and O–H groups in total. The Morgan fingerprint density at radius 3 is 2.85 bits per heavy atom. The molecule has 0 saturated heterocycles. The highest BCUT2D eigenvalue weighted by Gasteiger charge is 2.12. The number of rotatable bonds is 6. The van der Waals surface area contributed by atoms with Gasteiger partial charge >= 0.3 is 0 Å². The van der Waals surface area contributed by atoms with Gasteiger partial charge in [0.1, 0.15) is 6.07 Å². The molecule has 0 radical (unpaired) electrons. The Morgan fingerprint density at radius 2 is 2.15 bits per heavy atom. The van der Waals surface area contributed by atoms with E-state index in [0.29, 0.717) is 16.4 Å². The summed E-state index contributed by atoms with van der Waals surface area (Å²) < 4.78 is 2.86. The predicted octanol–water partition coefficient (Wildman–Crippen LogP) is 5.10. The van der Waals surface area contributed by atoms with Crippen molar-refractivity contribution in [1.82, 2.24) is 9.55 Å². The molecule has 2 rings (SSSR count). The lowest BCUT2D eigenvalue weighted by Gasteiger charge is -2.14. The Bertz CT molecular complexity index is 675. The lowest BCUT2D eigenvalue weighted by molar-refractivity contribution is 0.478. The monoisotopic (exact) mass is 287 g/mol. The fourth-order valence-corrected chi connectivity index (χ4v) is 3.06. The molecule has 0 aliphatic carbocycles. The SMILES string of the molecule is CCCCCCC(C)n1c(=S)[nH]c2c(C#N)cccc21. The molecule has 0 spiro atoms. The predicted molar refractivity (Wildman–Crippen MR) is 85.3 cm³/mol. The zero-order chi connectivity index (χ0) is 14.5. The standard InChI is InChI=1S/C16H21N3S/c1-3-4-5-6-8-12(2)19-14-10-7-9-13(11-17)15(14)18-16(19)20/h7,9-10,12H,3-6,8H2,1-2H3,(H,18,20). The van der Waals surface area contributed by atoms with E-state index in [1.807, 2.05) is 18.2 Å². The number of nitrogens with zero attached hydrogens (tertiary/aromatic N) is 2. The van der Waals surface area contributed by atoms with E-state index in [4.69, 9.17) is 17.5 Å². The van der Waals surface area contributed by atoms with Gasteiger partial charge in [-0.25, -0.2) is 0 Å². The number of para-hydroxylation sites is 1. The average Bonchev–Trinajstić information content (AvgIpc) is 2.79. The first kappa shape index (κ1) is 14.8. The molecule has 0 bridgehead atoms. The van der Waals surface area contributed by atoms with Crippen molar-refractivity contribution in [1.29, 1.82) is 5.26 Å². The summed E-state index contributed by atoms with van der Waals surface area (Å²) >= 11 is 5.44. The molecular weight excluding hydrogens is 266 g/mol. The number of hydrogen-bond acceptors (Lipinski definition) is 2. The number of H-pyrrole nitrogens is 1. The van der Waals surface area contributed by atoms with E-state index in [-0.39, 0.29) is 0 Å². The van der Waals surface area contributed by atoms with Gasteiger partial charge in [-0.3, -0.25) is 0 Å². The topological polar surface area (TPSA) is 44.5 Å². The first-order valence-electron chi connectivity index (χ1n) is 7.32. The number of benzene rings is 1. The van der Waals surface area contributed by atoms with Gasteiger partial charge in [-0.1, -0.05) is 38.7 Å². The molecule has 1 aromatic carbocycles. The van der Waals surface area contributed by atoms with Crippen molar-refractivity contribution in [2.45, 2.75) is 52.0 Å². The molecule has 0 aliphatic rings. The van der Waals surface area contributed by atoms with Crippen LogP contribution in [0.5, 0.6) is 0 Å². The molecule has 2 aromatic rings. The van der Waals surface area contributed by atoms with Gasteiger partial charge in [-0.15, -0.1) is 0 Å². The molecule has 0 fully saturated rings. The van der Waals surface area contributed by atoms with Crippen molar-refractivity contribution in [3.8, 4) is 6.07 Å². The van der Waals surface area contributed by atoms with Crippen molar-refractivity contribution in [3.05, 3.63) is 28.5 Å². The molecule has 0 amide bonds. The third-order valence-corrected chi connectivity index (χ3v) is 4.09. The van der Waals surface area contributed by atoms with Crippen molar-refractivity contribution in [2.24, 2.45) is 0 Å². The Labute approximate surface area is 125 Å². The highest BCUT2D eigenvalue weighted by molar-refractivity contribution is 7.71. The van der Waals surface area contributed by atoms with Gasteiger partial charge in [-0.05, 0) is 37.7 Å². The summed E-state index contributed by atoms with van der Waals surface area (Å²) in [7, 11) is 0. The van der Waals surface area contributed by atoms with Crippen molar-refractivity contribution >= 4 is 23.3 Å². The lowest BCUT2D eigenvalue weighted by Crippen LogP contribution is -2.05. The maximum absolute atomic E-state index is 9.16. The van der Waals surface area contributed by atoms with Crippen LogP contribution in [-0.4, -0.2) is 9.55 Å². The quantitative estimate of drug-likeness (QED) is 0.593. The van der Waals surface area contributed by atoms with Crippen LogP contribution in [0, 0.1) is 16.1 Å². The van der Waals surface area contributed by atoms with Crippen LogP contribution in [0.2, 0.25) is 0 Å². The fraction of sp³-hybridized carbons (Fsp3) is 0.500. The van der Waals surface area contributed by atoms with Crippen molar-refractivity contribution < 1.29 is 0 Å². The summed E-state index contributed by atoms with van der Waals surface area (Å²) in [6, 6.07) is 8.36. The molecule has 1 heterocycles. The Hall–Kier alpha value is -1.60. The van der Waals surface area contributed by atoms with E-state index in [9.17, 15) is 0 Å². The minimum atomic E-state index is 0.363. The molecule has 106 valence electrons. The maximum Gasteiger partial charge on any atom is 0.178 e. The summed E-state index contributed by atoms with van der Waals surface area (Å²) in [5.74, 6) is 0. The van der Waals surface area contributed by atoms with Gasteiger partial charge in [0.25, 0.3) is 0 Å². The molecule has 1 unspecified atom stereocenters. The van der Waals surface area contributed by atoms with Crippen LogP contribution in [0.15, 0.2) is 18.2 Å².